The van der Waals surface area contributed by atoms with Gasteiger partial charge in [-0.3, -0.25) is 9.59 Å². The van der Waals surface area contributed by atoms with Crippen LogP contribution in [-0.2, 0) is 58.3 Å². The molecule has 0 heterocycles. The van der Waals surface area contributed by atoms with E-state index in [4.69, 9.17) is 26.4 Å². The average Bonchev–Trinajstić information content (AvgIpc) is 3.18. The number of benzene rings is 2. The number of thiocarbonyl (C=S) groups is 1. The summed E-state index contributed by atoms with van der Waals surface area (Å²) in [6.07, 6.45) is 16.5. The van der Waals surface area contributed by atoms with Crippen molar-refractivity contribution in [3.63, 3.8) is 0 Å². The molecule has 0 unspecified atom stereocenters. The number of aromatic hydroxyl groups is 2. The van der Waals surface area contributed by atoms with Crippen molar-refractivity contribution in [1.82, 2.24) is 0 Å². The van der Waals surface area contributed by atoms with Gasteiger partial charge in [-0.2, -0.15) is 0 Å². The standard InChI is InChI=1S/C54H88O8S/c1-14-15-16-17-18-19-20-21-22-23-24-25-26-47(63)62-38-54(35-55,36-60-45(56)29-27-39-31-41(50(2,3)4)48(58)42(32-39)51(5,6)7)37-61-46(57)30-28-40-33-43(52(8,9)10)49(59)44(34-40)53(11,12)13/h31-34,55,58-59H,14-30,35-38H2,1-13H3. The summed E-state index contributed by atoms with van der Waals surface area (Å²) in [7, 11) is 0. The first-order valence-electron chi connectivity index (χ1n) is 24.1. The number of rotatable bonds is 26. The third-order valence-electron chi connectivity index (χ3n) is 12.0. The third-order valence-corrected chi connectivity index (χ3v) is 12.3. The Hall–Kier alpha value is -3.17. The molecule has 0 amide bonds. The van der Waals surface area contributed by atoms with Gasteiger partial charge in [0, 0.05) is 19.3 Å². The largest absolute Gasteiger partial charge is 0.507 e. The summed E-state index contributed by atoms with van der Waals surface area (Å²) >= 11 is 5.62. The highest BCUT2D eigenvalue weighted by atomic mass is 32.1. The number of phenolic OH excluding ortho intramolecular Hbond substituents is 2. The molecular weight excluding hydrogens is 809 g/mol. The first kappa shape index (κ1) is 56.0. The van der Waals surface area contributed by atoms with Gasteiger partial charge >= 0.3 is 11.9 Å². The van der Waals surface area contributed by atoms with E-state index in [-0.39, 0.29) is 65.8 Å². The maximum atomic E-state index is 13.4. The molecule has 0 aliphatic carbocycles. The minimum absolute atomic E-state index is 0.0785. The highest BCUT2D eigenvalue weighted by Gasteiger charge is 2.36. The van der Waals surface area contributed by atoms with Gasteiger partial charge in [-0.15, -0.1) is 0 Å². The zero-order valence-corrected chi connectivity index (χ0v) is 42.8. The summed E-state index contributed by atoms with van der Waals surface area (Å²) in [4.78, 5) is 26.7. The van der Waals surface area contributed by atoms with E-state index in [2.05, 4.69) is 90.0 Å². The van der Waals surface area contributed by atoms with Crippen LogP contribution in [0.5, 0.6) is 11.5 Å². The van der Waals surface area contributed by atoms with Crippen LogP contribution >= 0.6 is 12.2 Å². The lowest BCUT2D eigenvalue weighted by Gasteiger charge is -2.31. The number of hydrogen-bond donors (Lipinski definition) is 3. The van der Waals surface area contributed by atoms with Crippen molar-refractivity contribution in [3.05, 3.63) is 57.6 Å². The zero-order valence-electron chi connectivity index (χ0n) is 41.9. The van der Waals surface area contributed by atoms with E-state index >= 15 is 0 Å². The van der Waals surface area contributed by atoms with Crippen LogP contribution in [0, 0.1) is 5.41 Å². The average molecular weight is 897 g/mol. The topological polar surface area (TPSA) is 123 Å². The monoisotopic (exact) mass is 897 g/mol. The molecule has 9 heteroatoms. The summed E-state index contributed by atoms with van der Waals surface area (Å²) in [5.74, 6) is -0.351. The van der Waals surface area contributed by atoms with Crippen LogP contribution in [0.4, 0.5) is 0 Å². The van der Waals surface area contributed by atoms with Gasteiger partial charge in [0.2, 0.25) is 0 Å². The molecule has 0 radical (unpaired) electrons. The SMILES string of the molecule is CCCCCCCCCCCCCCC(=S)OCC(CO)(COC(=O)CCc1cc(C(C)(C)C)c(O)c(C(C)(C)C)c1)COC(=O)CCc1cc(C(C)(C)C)c(O)c(C(C)(C)C)c1. The Morgan fingerprint density at radius 1 is 0.492 bits per heavy atom. The van der Waals surface area contributed by atoms with Crippen molar-refractivity contribution < 1.29 is 39.1 Å². The summed E-state index contributed by atoms with van der Waals surface area (Å²) < 4.78 is 17.7. The van der Waals surface area contributed by atoms with E-state index in [0.717, 1.165) is 52.6 Å². The van der Waals surface area contributed by atoms with Crippen molar-refractivity contribution in [1.29, 1.82) is 0 Å². The molecule has 3 N–H and O–H groups in total. The second-order valence-corrected chi connectivity index (χ2v) is 22.8. The van der Waals surface area contributed by atoms with Crippen LogP contribution in [0.2, 0.25) is 0 Å². The van der Waals surface area contributed by atoms with Crippen molar-refractivity contribution in [2.24, 2.45) is 5.41 Å². The number of carbonyl (C=O) groups excluding carboxylic acids is 2. The quantitative estimate of drug-likeness (QED) is 0.0481. The molecule has 2 aromatic carbocycles. The first-order chi connectivity index (χ1) is 29.2. The molecule has 8 nitrogen and oxygen atoms in total. The Labute approximate surface area is 388 Å². The Bertz CT molecular complexity index is 1560. The van der Waals surface area contributed by atoms with E-state index < -0.39 is 24.0 Å². The number of esters is 2. The van der Waals surface area contributed by atoms with Crippen LogP contribution in [0.3, 0.4) is 0 Å². The molecule has 0 spiro atoms. The molecule has 63 heavy (non-hydrogen) atoms. The van der Waals surface area contributed by atoms with Gasteiger partial charge in [0.15, 0.2) is 5.05 Å². The van der Waals surface area contributed by atoms with E-state index in [1.54, 1.807) is 0 Å². The van der Waals surface area contributed by atoms with Gasteiger partial charge in [-0.25, -0.2) is 0 Å². The van der Waals surface area contributed by atoms with Crippen LogP contribution in [0.1, 0.15) is 220 Å². The van der Waals surface area contributed by atoms with Crippen LogP contribution in [0.25, 0.3) is 0 Å². The lowest BCUT2D eigenvalue weighted by molar-refractivity contribution is -0.158. The molecule has 0 aliphatic heterocycles. The van der Waals surface area contributed by atoms with Gasteiger partial charge in [0.05, 0.1) is 12.0 Å². The van der Waals surface area contributed by atoms with Crippen LogP contribution in [-0.4, -0.2) is 58.7 Å². The maximum absolute atomic E-state index is 13.4. The van der Waals surface area contributed by atoms with E-state index in [0.29, 0.717) is 24.3 Å². The van der Waals surface area contributed by atoms with Gasteiger partial charge in [-0.1, -0.05) is 185 Å². The van der Waals surface area contributed by atoms with Gasteiger partial charge in [0.1, 0.15) is 31.3 Å². The zero-order chi connectivity index (χ0) is 47.6. The molecule has 0 saturated carbocycles. The predicted octanol–water partition coefficient (Wildman–Crippen LogP) is 13.4. The summed E-state index contributed by atoms with van der Waals surface area (Å²) in [6.45, 7) is 25.9. The molecule has 2 rings (SSSR count). The lowest BCUT2D eigenvalue weighted by Crippen LogP contribution is -2.42. The van der Waals surface area contributed by atoms with Gasteiger partial charge < -0.3 is 29.5 Å². The predicted molar refractivity (Wildman–Crippen MR) is 263 cm³/mol. The second kappa shape index (κ2) is 25.5. The first-order valence-corrected chi connectivity index (χ1v) is 24.5. The number of ether oxygens (including phenoxy) is 3. The molecule has 0 bridgehead atoms. The van der Waals surface area contributed by atoms with Gasteiger partial charge in [-0.05, 0) is 86.5 Å². The number of unbranched alkanes of at least 4 members (excludes halogenated alkanes) is 11. The lowest BCUT2D eigenvalue weighted by atomic mass is 9.78. The van der Waals surface area contributed by atoms with Crippen molar-refractivity contribution >= 4 is 29.2 Å². The number of aryl methyl sites for hydroxylation is 2. The summed E-state index contributed by atoms with van der Waals surface area (Å²) in [6, 6.07) is 7.86. The molecule has 2 aromatic rings. The number of aliphatic hydroxyl groups excluding tert-OH is 1. The minimum Gasteiger partial charge on any atom is -0.507 e. The Balaban J connectivity index is 2.13. The molecule has 0 aliphatic rings. The van der Waals surface area contributed by atoms with Crippen molar-refractivity contribution in [3.8, 4) is 11.5 Å². The number of aliphatic hydroxyl groups is 1. The fraction of sp³-hybridized carbons (Fsp3) is 0.722. The molecular formula is C54H88O8S. The molecule has 0 aromatic heterocycles. The summed E-state index contributed by atoms with van der Waals surface area (Å²) in [5, 5.41) is 33.6. The molecule has 0 fully saturated rings. The Morgan fingerprint density at radius 2 is 0.794 bits per heavy atom. The fourth-order valence-corrected chi connectivity index (χ4v) is 7.95. The Kier molecular flexibility index (Phi) is 22.7. The summed E-state index contributed by atoms with van der Waals surface area (Å²) in [5.41, 5.74) is 2.69. The van der Waals surface area contributed by atoms with E-state index in [9.17, 15) is 24.9 Å². The second-order valence-electron chi connectivity index (χ2n) is 22.4. The Morgan fingerprint density at radius 3 is 1.10 bits per heavy atom. The van der Waals surface area contributed by atoms with Crippen molar-refractivity contribution in [2.45, 2.75) is 221 Å². The van der Waals surface area contributed by atoms with Crippen molar-refractivity contribution in [2.75, 3.05) is 26.4 Å². The van der Waals surface area contributed by atoms with Gasteiger partial charge in [0.25, 0.3) is 0 Å². The van der Waals surface area contributed by atoms with E-state index in [1.807, 2.05) is 24.3 Å². The smallest absolute Gasteiger partial charge is 0.306 e. The number of hydrogen-bond acceptors (Lipinski definition) is 9. The van der Waals surface area contributed by atoms with E-state index in [1.165, 1.54) is 57.8 Å². The highest BCUT2D eigenvalue weighted by molar-refractivity contribution is 7.80. The maximum Gasteiger partial charge on any atom is 0.306 e. The molecule has 0 saturated heterocycles. The minimum atomic E-state index is -1.24. The van der Waals surface area contributed by atoms with Crippen LogP contribution < -0.4 is 0 Å². The van der Waals surface area contributed by atoms with Crippen LogP contribution in [0.15, 0.2) is 24.3 Å². The highest BCUT2D eigenvalue weighted by Crippen LogP contribution is 2.41. The third kappa shape index (κ3) is 19.9. The molecule has 0 atom stereocenters. The molecule has 358 valence electrons. The number of carbonyl (C=O) groups is 2. The normalized spacial score (nSPS) is 12.7. The fourth-order valence-electron chi connectivity index (χ4n) is 7.75. The number of phenols is 2.